The summed E-state index contributed by atoms with van der Waals surface area (Å²) < 4.78 is 24.4. The standard InChI is InChI=1S/C11H10FNO2S/c1-6-11(16(2)15)10(14)8-4-3-7(12)5-9(8)13-6/h3-5H,1-2H3,(H,13,14)/t16-/m0/s1. The maximum absolute atomic E-state index is 13.0. The minimum absolute atomic E-state index is 0.249. The minimum atomic E-state index is -1.35. The van der Waals surface area contributed by atoms with E-state index >= 15 is 0 Å². The van der Waals surface area contributed by atoms with Crippen LogP contribution in [0.15, 0.2) is 27.9 Å². The summed E-state index contributed by atoms with van der Waals surface area (Å²) >= 11 is -1.35. The van der Waals surface area contributed by atoms with E-state index in [0.717, 1.165) is 0 Å². The first-order chi connectivity index (χ1) is 7.50. The van der Waals surface area contributed by atoms with E-state index in [2.05, 4.69) is 4.98 Å². The van der Waals surface area contributed by atoms with Gasteiger partial charge < -0.3 is 9.54 Å². The van der Waals surface area contributed by atoms with Gasteiger partial charge in [0.2, 0.25) is 10.3 Å². The number of halogens is 1. The lowest BCUT2D eigenvalue weighted by atomic mass is 10.2. The summed E-state index contributed by atoms with van der Waals surface area (Å²) in [7, 11) is 0. The van der Waals surface area contributed by atoms with E-state index in [-0.39, 0.29) is 10.3 Å². The van der Waals surface area contributed by atoms with Crippen molar-refractivity contribution in [2.24, 2.45) is 0 Å². The zero-order chi connectivity index (χ0) is 11.9. The van der Waals surface area contributed by atoms with Gasteiger partial charge in [-0.2, -0.15) is 0 Å². The minimum Gasteiger partial charge on any atom is -0.611 e. The van der Waals surface area contributed by atoms with Crippen LogP contribution >= 0.6 is 0 Å². The average Bonchev–Trinajstić information content (AvgIpc) is 2.15. The zero-order valence-corrected chi connectivity index (χ0v) is 9.65. The maximum atomic E-state index is 13.0. The molecule has 2 rings (SSSR count). The number of H-pyrrole nitrogens is 1. The molecule has 0 saturated carbocycles. The first-order valence-electron chi connectivity index (χ1n) is 4.66. The Kier molecular flexibility index (Phi) is 2.73. The highest BCUT2D eigenvalue weighted by molar-refractivity contribution is 7.90. The Bertz CT molecular complexity index is 607. The van der Waals surface area contributed by atoms with Crippen LogP contribution in [0.3, 0.4) is 0 Å². The fourth-order valence-electron chi connectivity index (χ4n) is 1.72. The molecule has 1 N–H and O–H groups in total. The predicted molar refractivity (Wildman–Crippen MR) is 61.6 cm³/mol. The van der Waals surface area contributed by atoms with Crippen molar-refractivity contribution in [2.45, 2.75) is 11.8 Å². The van der Waals surface area contributed by atoms with Crippen LogP contribution in [0.1, 0.15) is 5.69 Å². The van der Waals surface area contributed by atoms with E-state index in [1.165, 1.54) is 24.5 Å². The van der Waals surface area contributed by atoms with Crippen LogP contribution in [0.25, 0.3) is 10.9 Å². The molecule has 0 saturated heterocycles. The summed E-state index contributed by atoms with van der Waals surface area (Å²) in [5.41, 5.74) is 0.646. The van der Waals surface area contributed by atoms with Gasteiger partial charge in [-0.1, -0.05) is 0 Å². The molecular weight excluding hydrogens is 229 g/mol. The molecule has 0 bridgehead atoms. The van der Waals surface area contributed by atoms with Gasteiger partial charge in [0, 0.05) is 0 Å². The molecule has 2 aromatic rings. The van der Waals surface area contributed by atoms with Crippen molar-refractivity contribution in [3.63, 3.8) is 0 Å². The summed E-state index contributed by atoms with van der Waals surface area (Å²) in [5.74, 6) is -0.409. The molecule has 0 aliphatic heterocycles. The number of rotatable bonds is 1. The predicted octanol–water partition coefficient (Wildman–Crippen LogP) is 1.71. The Labute approximate surface area is 94.5 Å². The SMILES string of the molecule is Cc1[nH]c2cc(F)ccc2c(=O)c1[S@+](C)[O-]. The van der Waals surface area contributed by atoms with E-state index in [0.29, 0.717) is 16.6 Å². The van der Waals surface area contributed by atoms with Gasteiger partial charge >= 0.3 is 0 Å². The lowest BCUT2D eigenvalue weighted by molar-refractivity contribution is 0.599. The Balaban J connectivity index is 2.89. The molecule has 0 radical (unpaired) electrons. The zero-order valence-electron chi connectivity index (χ0n) is 8.83. The topological polar surface area (TPSA) is 55.9 Å². The van der Waals surface area contributed by atoms with E-state index in [9.17, 15) is 13.7 Å². The molecule has 1 heterocycles. The highest BCUT2D eigenvalue weighted by atomic mass is 32.2. The highest BCUT2D eigenvalue weighted by Gasteiger charge is 2.17. The third kappa shape index (κ3) is 1.72. The van der Waals surface area contributed by atoms with Gasteiger partial charge in [0.25, 0.3) is 0 Å². The molecule has 1 atom stereocenters. The van der Waals surface area contributed by atoms with Gasteiger partial charge in [-0.3, -0.25) is 4.79 Å². The second kappa shape index (κ2) is 3.92. The molecule has 0 amide bonds. The van der Waals surface area contributed by atoms with Crippen LogP contribution in [0.4, 0.5) is 4.39 Å². The third-order valence-corrected chi connectivity index (χ3v) is 3.45. The summed E-state index contributed by atoms with van der Waals surface area (Å²) in [6, 6.07) is 3.88. The van der Waals surface area contributed by atoms with Crippen molar-refractivity contribution >= 4 is 22.1 Å². The van der Waals surface area contributed by atoms with Gasteiger partial charge in [-0.15, -0.1) is 0 Å². The lowest BCUT2D eigenvalue weighted by Crippen LogP contribution is -2.17. The second-order valence-corrected chi connectivity index (χ2v) is 4.87. The number of fused-ring (bicyclic) bond motifs is 1. The lowest BCUT2D eigenvalue weighted by Gasteiger charge is -2.08. The number of hydrogen-bond acceptors (Lipinski definition) is 2. The Morgan fingerprint density at radius 1 is 1.44 bits per heavy atom. The molecule has 5 heteroatoms. The Morgan fingerprint density at radius 2 is 2.12 bits per heavy atom. The molecule has 0 aliphatic carbocycles. The number of hydrogen-bond donors (Lipinski definition) is 1. The molecule has 16 heavy (non-hydrogen) atoms. The fraction of sp³-hybridized carbons (Fsp3) is 0.182. The Morgan fingerprint density at radius 3 is 2.75 bits per heavy atom. The molecule has 0 unspecified atom stereocenters. The van der Waals surface area contributed by atoms with E-state index in [1.807, 2.05) is 0 Å². The number of aryl methyl sites for hydroxylation is 1. The Hall–Kier alpha value is -1.33. The summed E-state index contributed by atoms with van der Waals surface area (Å²) in [5, 5.41) is 0.359. The monoisotopic (exact) mass is 239 g/mol. The van der Waals surface area contributed by atoms with E-state index in [4.69, 9.17) is 0 Å². The van der Waals surface area contributed by atoms with Crippen LogP contribution in [0.5, 0.6) is 0 Å². The van der Waals surface area contributed by atoms with Crippen LogP contribution in [0, 0.1) is 12.7 Å². The van der Waals surface area contributed by atoms with Crippen molar-refractivity contribution in [3.8, 4) is 0 Å². The molecule has 1 aromatic carbocycles. The summed E-state index contributed by atoms with van der Waals surface area (Å²) in [6.07, 6.45) is 1.45. The van der Waals surface area contributed by atoms with Gasteiger partial charge in [0.05, 0.1) is 16.6 Å². The average molecular weight is 239 g/mol. The number of nitrogens with one attached hydrogen (secondary N) is 1. The highest BCUT2D eigenvalue weighted by Crippen LogP contribution is 2.15. The summed E-state index contributed by atoms with van der Waals surface area (Å²) in [4.78, 5) is 15.1. The first-order valence-corrected chi connectivity index (χ1v) is 6.22. The second-order valence-electron chi connectivity index (χ2n) is 3.55. The molecule has 0 spiro atoms. The van der Waals surface area contributed by atoms with Gasteiger partial charge in [0.15, 0.2) is 0 Å². The first kappa shape index (κ1) is 11.2. The van der Waals surface area contributed by atoms with E-state index in [1.54, 1.807) is 6.92 Å². The van der Waals surface area contributed by atoms with Crippen molar-refractivity contribution in [1.82, 2.24) is 4.98 Å². The maximum Gasteiger partial charge on any atom is 0.244 e. The van der Waals surface area contributed by atoms with Crippen molar-refractivity contribution in [1.29, 1.82) is 0 Å². The van der Waals surface area contributed by atoms with Gasteiger partial charge in [-0.05, 0) is 36.3 Å². The van der Waals surface area contributed by atoms with Crippen LogP contribution in [-0.2, 0) is 11.2 Å². The van der Waals surface area contributed by atoms with Crippen molar-refractivity contribution in [2.75, 3.05) is 6.26 Å². The smallest absolute Gasteiger partial charge is 0.244 e. The van der Waals surface area contributed by atoms with Crippen molar-refractivity contribution in [3.05, 3.63) is 39.9 Å². The van der Waals surface area contributed by atoms with Crippen LogP contribution < -0.4 is 5.43 Å². The van der Waals surface area contributed by atoms with Crippen molar-refractivity contribution < 1.29 is 8.94 Å². The van der Waals surface area contributed by atoms with E-state index < -0.39 is 17.0 Å². The quantitative estimate of drug-likeness (QED) is 0.770. The number of aromatic amines is 1. The third-order valence-electron chi connectivity index (χ3n) is 2.38. The van der Waals surface area contributed by atoms with Crippen LogP contribution in [0.2, 0.25) is 0 Å². The fourth-order valence-corrected chi connectivity index (χ4v) is 2.57. The molecule has 1 aromatic heterocycles. The van der Waals surface area contributed by atoms with Crippen LogP contribution in [-0.4, -0.2) is 15.8 Å². The number of pyridine rings is 1. The van der Waals surface area contributed by atoms with Gasteiger partial charge in [-0.25, -0.2) is 4.39 Å². The summed E-state index contributed by atoms with van der Waals surface area (Å²) in [6.45, 7) is 1.66. The largest absolute Gasteiger partial charge is 0.611 e. The number of benzene rings is 1. The number of aromatic nitrogens is 1. The van der Waals surface area contributed by atoms with Gasteiger partial charge in [0.1, 0.15) is 12.1 Å². The molecule has 0 aliphatic rings. The molecule has 84 valence electrons. The molecular formula is C11H10FNO2S. The molecule has 0 fully saturated rings. The molecule has 3 nitrogen and oxygen atoms in total. The normalized spacial score (nSPS) is 13.0.